The lowest BCUT2D eigenvalue weighted by atomic mass is 10.1. The van der Waals surface area contributed by atoms with Gasteiger partial charge in [-0.25, -0.2) is 0 Å². The topological polar surface area (TPSA) is 100.0 Å². The quantitative estimate of drug-likeness (QED) is 0.626. The van der Waals surface area contributed by atoms with E-state index in [-0.39, 0.29) is 28.3 Å². The van der Waals surface area contributed by atoms with Crippen molar-refractivity contribution in [2.24, 2.45) is 0 Å². The van der Waals surface area contributed by atoms with Crippen LogP contribution in [0.3, 0.4) is 0 Å². The fourth-order valence-corrected chi connectivity index (χ4v) is 1.60. The molecule has 0 saturated heterocycles. The summed E-state index contributed by atoms with van der Waals surface area (Å²) in [4.78, 5) is 10.1. The number of nitriles is 2. The maximum Gasteiger partial charge on any atom is 0.273 e. The third kappa shape index (κ3) is 2.55. The fraction of sp³-hybridized carbons (Fsp3) is 0. The highest BCUT2D eigenvalue weighted by atomic mass is 16.6. The van der Waals surface area contributed by atoms with Crippen molar-refractivity contribution in [3.63, 3.8) is 0 Å². The minimum absolute atomic E-state index is 0.0954. The van der Waals surface area contributed by atoms with Crippen LogP contribution in [0.15, 0.2) is 42.5 Å². The monoisotopic (exact) mass is 265 g/mol. The molecule has 0 spiro atoms. The highest BCUT2D eigenvalue weighted by Gasteiger charge is 2.12. The first-order valence-electron chi connectivity index (χ1n) is 5.51. The Balaban J connectivity index is 2.45. The van der Waals surface area contributed by atoms with Gasteiger partial charge >= 0.3 is 0 Å². The zero-order chi connectivity index (χ0) is 14.5. The van der Waals surface area contributed by atoms with Crippen molar-refractivity contribution in [2.45, 2.75) is 0 Å². The van der Waals surface area contributed by atoms with Gasteiger partial charge in [-0.1, -0.05) is 12.1 Å². The van der Waals surface area contributed by atoms with Crippen molar-refractivity contribution in [3.8, 4) is 23.6 Å². The normalized spacial score (nSPS) is 9.30. The molecule has 20 heavy (non-hydrogen) atoms. The number of non-ortho nitro benzene ring substituents is 1. The second-order valence-electron chi connectivity index (χ2n) is 3.76. The highest BCUT2D eigenvalue weighted by molar-refractivity contribution is 5.55. The van der Waals surface area contributed by atoms with Crippen LogP contribution in [0, 0.1) is 32.8 Å². The van der Waals surface area contributed by atoms with Crippen LogP contribution in [0.25, 0.3) is 0 Å². The number of benzene rings is 2. The Morgan fingerprint density at radius 2 is 1.65 bits per heavy atom. The van der Waals surface area contributed by atoms with Crippen LogP contribution in [0.5, 0.6) is 11.5 Å². The molecular weight excluding hydrogens is 258 g/mol. The second-order valence-corrected chi connectivity index (χ2v) is 3.76. The lowest BCUT2D eigenvalue weighted by molar-refractivity contribution is -0.384. The van der Waals surface area contributed by atoms with E-state index in [4.69, 9.17) is 15.3 Å². The van der Waals surface area contributed by atoms with Crippen LogP contribution in [0.2, 0.25) is 0 Å². The first-order valence-corrected chi connectivity index (χ1v) is 5.51. The molecule has 0 fully saturated rings. The Morgan fingerprint density at radius 1 is 1.05 bits per heavy atom. The molecule has 0 aliphatic rings. The molecule has 0 bridgehead atoms. The summed E-state index contributed by atoms with van der Waals surface area (Å²) < 4.78 is 5.46. The van der Waals surface area contributed by atoms with Crippen LogP contribution < -0.4 is 4.74 Å². The first-order chi connectivity index (χ1) is 9.65. The van der Waals surface area contributed by atoms with Crippen LogP contribution in [0.1, 0.15) is 11.1 Å². The number of hydrogen-bond donors (Lipinski definition) is 0. The standard InChI is InChI=1S/C14H7N3O3/c15-8-10-3-1-4-11(9-16)14(10)20-13-6-2-5-12(7-13)17(18)19/h1-7H. The van der Waals surface area contributed by atoms with Crippen LogP contribution in [-0.4, -0.2) is 4.92 Å². The predicted octanol–water partition coefficient (Wildman–Crippen LogP) is 3.13. The maximum atomic E-state index is 10.7. The molecule has 0 saturated carbocycles. The summed E-state index contributed by atoms with van der Waals surface area (Å²) in [6.45, 7) is 0. The zero-order valence-corrected chi connectivity index (χ0v) is 10.1. The average molecular weight is 265 g/mol. The summed E-state index contributed by atoms with van der Waals surface area (Å²) in [5, 5.41) is 28.7. The highest BCUT2D eigenvalue weighted by Crippen LogP contribution is 2.30. The minimum atomic E-state index is -0.547. The summed E-state index contributed by atoms with van der Waals surface area (Å²) >= 11 is 0. The van der Waals surface area contributed by atoms with Gasteiger partial charge in [-0.05, 0) is 18.2 Å². The van der Waals surface area contributed by atoms with Gasteiger partial charge in [0.25, 0.3) is 5.69 Å². The molecule has 0 heterocycles. The van der Waals surface area contributed by atoms with E-state index >= 15 is 0 Å². The zero-order valence-electron chi connectivity index (χ0n) is 10.1. The van der Waals surface area contributed by atoms with Gasteiger partial charge in [0.15, 0.2) is 5.75 Å². The Kier molecular flexibility index (Phi) is 3.60. The van der Waals surface area contributed by atoms with E-state index < -0.39 is 4.92 Å². The molecule has 0 aromatic heterocycles. The third-order valence-corrected chi connectivity index (χ3v) is 2.50. The Labute approximate surface area is 114 Å². The van der Waals surface area contributed by atoms with Crippen molar-refractivity contribution in [2.75, 3.05) is 0 Å². The number of nitro benzene ring substituents is 1. The lowest BCUT2D eigenvalue weighted by Gasteiger charge is -2.08. The molecule has 2 aromatic rings. The van der Waals surface area contributed by atoms with Gasteiger partial charge < -0.3 is 4.74 Å². The number of hydrogen-bond acceptors (Lipinski definition) is 5. The van der Waals surface area contributed by atoms with E-state index in [1.807, 2.05) is 12.1 Å². The lowest BCUT2D eigenvalue weighted by Crippen LogP contribution is -1.93. The van der Waals surface area contributed by atoms with Gasteiger partial charge in [0.2, 0.25) is 0 Å². The predicted molar refractivity (Wildman–Crippen MR) is 69.0 cm³/mol. The fourth-order valence-electron chi connectivity index (χ4n) is 1.60. The SMILES string of the molecule is N#Cc1cccc(C#N)c1Oc1cccc([N+](=O)[O-])c1. The van der Waals surface area contributed by atoms with Gasteiger partial charge in [0.1, 0.15) is 17.9 Å². The second kappa shape index (κ2) is 5.51. The van der Waals surface area contributed by atoms with E-state index in [1.165, 1.54) is 36.4 Å². The molecular formula is C14H7N3O3. The molecule has 6 heteroatoms. The van der Waals surface area contributed by atoms with Gasteiger partial charge in [0, 0.05) is 6.07 Å². The van der Waals surface area contributed by atoms with Gasteiger partial charge in [-0.15, -0.1) is 0 Å². The van der Waals surface area contributed by atoms with Gasteiger partial charge in [-0.3, -0.25) is 10.1 Å². The number of rotatable bonds is 3. The Morgan fingerprint density at radius 3 is 2.20 bits per heavy atom. The first kappa shape index (κ1) is 13.1. The van der Waals surface area contributed by atoms with E-state index in [1.54, 1.807) is 6.07 Å². The van der Waals surface area contributed by atoms with E-state index in [9.17, 15) is 10.1 Å². The largest absolute Gasteiger partial charge is 0.454 e. The molecule has 0 amide bonds. The van der Waals surface area contributed by atoms with Crippen molar-refractivity contribution in [3.05, 3.63) is 63.7 Å². The molecule has 2 aromatic carbocycles. The van der Waals surface area contributed by atoms with Gasteiger partial charge in [0.05, 0.1) is 22.1 Å². The molecule has 0 aliphatic heterocycles. The summed E-state index contributed by atoms with van der Waals surface area (Å²) in [5.41, 5.74) is 0.251. The van der Waals surface area contributed by atoms with Crippen molar-refractivity contribution < 1.29 is 9.66 Å². The number of ether oxygens (including phenoxy) is 1. The molecule has 0 radical (unpaired) electrons. The Hall–Kier alpha value is -3.38. The van der Waals surface area contributed by atoms with Crippen LogP contribution in [-0.2, 0) is 0 Å². The smallest absolute Gasteiger partial charge is 0.273 e. The summed E-state index contributed by atoms with van der Waals surface area (Å²) in [7, 11) is 0. The number of nitrogens with zero attached hydrogens (tertiary/aromatic N) is 3. The molecule has 0 unspecified atom stereocenters. The molecule has 0 aliphatic carbocycles. The van der Waals surface area contributed by atoms with E-state index in [0.717, 1.165) is 0 Å². The van der Waals surface area contributed by atoms with Crippen molar-refractivity contribution in [1.29, 1.82) is 10.5 Å². The maximum absolute atomic E-state index is 10.7. The van der Waals surface area contributed by atoms with Crippen molar-refractivity contribution in [1.82, 2.24) is 0 Å². The average Bonchev–Trinajstić information content (AvgIpc) is 2.47. The number of para-hydroxylation sites is 1. The summed E-state index contributed by atoms with van der Waals surface area (Å²) in [6.07, 6.45) is 0. The molecule has 96 valence electrons. The van der Waals surface area contributed by atoms with E-state index in [2.05, 4.69) is 0 Å². The molecule has 2 rings (SSSR count). The van der Waals surface area contributed by atoms with Crippen LogP contribution >= 0.6 is 0 Å². The summed E-state index contributed by atoms with van der Waals surface area (Å²) in [5.74, 6) is 0.288. The van der Waals surface area contributed by atoms with E-state index in [0.29, 0.717) is 0 Å². The minimum Gasteiger partial charge on any atom is -0.454 e. The molecule has 0 N–H and O–H groups in total. The van der Waals surface area contributed by atoms with Crippen LogP contribution in [0.4, 0.5) is 5.69 Å². The molecule has 0 atom stereocenters. The van der Waals surface area contributed by atoms with Gasteiger partial charge in [-0.2, -0.15) is 10.5 Å². The third-order valence-electron chi connectivity index (χ3n) is 2.50. The van der Waals surface area contributed by atoms with Crippen molar-refractivity contribution >= 4 is 5.69 Å². The Bertz CT molecular complexity index is 725. The molecule has 6 nitrogen and oxygen atoms in total. The summed E-state index contributed by atoms with van der Waals surface area (Å²) in [6, 6.07) is 14.0. The number of nitro groups is 1.